The molecular formula is C25H32F2N2O2. The van der Waals surface area contributed by atoms with E-state index in [1.54, 1.807) is 6.07 Å². The van der Waals surface area contributed by atoms with Crippen molar-refractivity contribution in [1.82, 2.24) is 10.2 Å². The number of nitrogens with one attached hydrogen (secondary N) is 1. The molecule has 1 atom stereocenters. The van der Waals surface area contributed by atoms with Crippen LogP contribution in [0.2, 0.25) is 0 Å². The fourth-order valence-electron chi connectivity index (χ4n) is 4.61. The van der Waals surface area contributed by atoms with E-state index in [2.05, 4.69) is 5.32 Å². The molecule has 1 aliphatic carbocycles. The smallest absolute Gasteiger partial charge is 0.251 e. The highest BCUT2D eigenvalue weighted by molar-refractivity contribution is 5.97. The van der Waals surface area contributed by atoms with Crippen LogP contribution in [0.1, 0.15) is 64.9 Å². The number of piperidine rings is 1. The van der Waals surface area contributed by atoms with Crippen molar-refractivity contribution < 1.29 is 18.4 Å². The molecule has 1 unspecified atom stereocenters. The second-order valence-corrected chi connectivity index (χ2v) is 9.97. The molecule has 3 rings (SSSR count). The van der Waals surface area contributed by atoms with Crippen molar-refractivity contribution in [1.29, 1.82) is 0 Å². The lowest BCUT2D eigenvalue weighted by molar-refractivity contribution is -0.136. The number of allylic oxidation sites excluding steroid dienone is 2. The highest BCUT2D eigenvalue weighted by atomic mass is 19.2. The van der Waals surface area contributed by atoms with Crippen LogP contribution in [-0.2, 0) is 9.59 Å². The van der Waals surface area contributed by atoms with E-state index in [1.165, 1.54) is 12.1 Å². The Morgan fingerprint density at radius 3 is 2.55 bits per heavy atom. The highest BCUT2D eigenvalue weighted by Crippen LogP contribution is 2.42. The van der Waals surface area contributed by atoms with E-state index >= 15 is 0 Å². The molecule has 0 spiro atoms. The van der Waals surface area contributed by atoms with Crippen LogP contribution in [0.25, 0.3) is 0 Å². The maximum absolute atomic E-state index is 13.7. The van der Waals surface area contributed by atoms with E-state index in [1.807, 2.05) is 50.8 Å². The van der Waals surface area contributed by atoms with Gasteiger partial charge in [-0.05, 0) is 62.1 Å². The monoisotopic (exact) mass is 430 g/mol. The lowest BCUT2D eigenvalue weighted by Crippen LogP contribution is -2.52. The summed E-state index contributed by atoms with van der Waals surface area (Å²) in [6.07, 6.45) is 8.37. The number of rotatable bonds is 5. The van der Waals surface area contributed by atoms with Gasteiger partial charge < -0.3 is 10.2 Å². The SMILES string of the molecule is CC(C)(CC(=O)N1CCC(c2ccc(F)c(F)c2)C(C)(C)C1)NC(=O)C1=CCCC=C1. The molecule has 6 heteroatoms. The van der Waals surface area contributed by atoms with Gasteiger partial charge in [-0.2, -0.15) is 0 Å². The second kappa shape index (κ2) is 8.93. The topological polar surface area (TPSA) is 49.4 Å². The second-order valence-electron chi connectivity index (χ2n) is 9.97. The fraction of sp³-hybridized carbons (Fsp3) is 0.520. The molecule has 0 bridgehead atoms. The Morgan fingerprint density at radius 1 is 1.19 bits per heavy atom. The van der Waals surface area contributed by atoms with Crippen LogP contribution in [0.5, 0.6) is 0 Å². The number of carbonyl (C=O) groups is 2. The Kier molecular flexibility index (Phi) is 6.68. The quantitative estimate of drug-likeness (QED) is 0.725. The molecular weight excluding hydrogens is 398 g/mol. The van der Waals surface area contributed by atoms with Crippen LogP contribution in [0.4, 0.5) is 8.78 Å². The lowest BCUT2D eigenvalue weighted by Gasteiger charge is -2.45. The summed E-state index contributed by atoms with van der Waals surface area (Å²) < 4.78 is 27.1. The van der Waals surface area contributed by atoms with Gasteiger partial charge >= 0.3 is 0 Å². The molecule has 4 nitrogen and oxygen atoms in total. The van der Waals surface area contributed by atoms with E-state index in [0.717, 1.165) is 18.4 Å². The molecule has 1 aromatic carbocycles. The molecule has 0 aromatic heterocycles. The molecule has 2 aliphatic rings. The van der Waals surface area contributed by atoms with E-state index in [9.17, 15) is 18.4 Å². The minimum atomic E-state index is -0.849. The largest absolute Gasteiger partial charge is 0.347 e. The summed E-state index contributed by atoms with van der Waals surface area (Å²) in [6.45, 7) is 8.88. The first-order valence-corrected chi connectivity index (χ1v) is 10.9. The first kappa shape index (κ1) is 23.2. The van der Waals surface area contributed by atoms with Gasteiger partial charge in [0, 0.05) is 30.6 Å². The van der Waals surface area contributed by atoms with E-state index in [0.29, 0.717) is 25.1 Å². The molecule has 1 fully saturated rings. The molecule has 0 radical (unpaired) electrons. The van der Waals surface area contributed by atoms with Gasteiger partial charge in [0.1, 0.15) is 0 Å². The fourth-order valence-corrected chi connectivity index (χ4v) is 4.61. The van der Waals surface area contributed by atoms with Gasteiger partial charge in [0.2, 0.25) is 5.91 Å². The first-order valence-electron chi connectivity index (χ1n) is 10.9. The number of hydrogen-bond acceptors (Lipinski definition) is 2. The number of hydrogen-bond donors (Lipinski definition) is 1. The van der Waals surface area contributed by atoms with Crippen molar-refractivity contribution in [3.63, 3.8) is 0 Å². The Hall–Kier alpha value is -2.50. The van der Waals surface area contributed by atoms with E-state index in [-0.39, 0.29) is 29.6 Å². The number of carbonyl (C=O) groups excluding carboxylic acids is 2. The normalized spacial score (nSPS) is 20.9. The Balaban J connectivity index is 1.62. The van der Waals surface area contributed by atoms with E-state index in [4.69, 9.17) is 0 Å². The molecule has 2 amide bonds. The van der Waals surface area contributed by atoms with Crippen molar-refractivity contribution in [3.05, 3.63) is 59.2 Å². The minimum Gasteiger partial charge on any atom is -0.347 e. The molecule has 1 heterocycles. The zero-order chi connectivity index (χ0) is 22.8. The molecule has 0 saturated carbocycles. The number of halogens is 2. The molecule has 168 valence electrons. The van der Waals surface area contributed by atoms with Crippen LogP contribution >= 0.6 is 0 Å². The third-order valence-electron chi connectivity index (χ3n) is 6.23. The standard InChI is InChI=1S/C25H32F2N2O2/c1-24(2)16-29(13-12-19(24)18-10-11-20(26)21(27)14-18)22(30)15-25(3,4)28-23(31)17-8-6-5-7-9-17/h6,8-11,14,19H,5,7,12-13,15-16H2,1-4H3,(H,28,31). The predicted molar refractivity (Wildman–Crippen MR) is 117 cm³/mol. The highest BCUT2D eigenvalue weighted by Gasteiger charge is 2.39. The third-order valence-corrected chi connectivity index (χ3v) is 6.23. The number of nitrogens with zero attached hydrogens (tertiary/aromatic N) is 1. The Morgan fingerprint density at radius 2 is 1.94 bits per heavy atom. The van der Waals surface area contributed by atoms with Gasteiger partial charge in [-0.3, -0.25) is 9.59 Å². The molecule has 31 heavy (non-hydrogen) atoms. The Bertz CT molecular complexity index is 918. The maximum Gasteiger partial charge on any atom is 0.251 e. The minimum absolute atomic E-state index is 0.0183. The summed E-state index contributed by atoms with van der Waals surface area (Å²) >= 11 is 0. The van der Waals surface area contributed by atoms with Crippen LogP contribution in [0.15, 0.2) is 42.0 Å². The number of benzene rings is 1. The molecule has 1 N–H and O–H groups in total. The van der Waals surface area contributed by atoms with Gasteiger partial charge in [-0.15, -0.1) is 0 Å². The maximum atomic E-state index is 13.7. The van der Waals surface area contributed by atoms with Crippen molar-refractivity contribution in [2.45, 2.75) is 64.8 Å². The number of amides is 2. The predicted octanol–water partition coefficient (Wildman–Crippen LogP) is 4.87. The molecule has 1 saturated heterocycles. The van der Waals surface area contributed by atoms with Crippen LogP contribution in [0.3, 0.4) is 0 Å². The summed E-state index contributed by atoms with van der Waals surface area (Å²) in [6, 6.07) is 4.07. The van der Waals surface area contributed by atoms with Crippen molar-refractivity contribution in [2.75, 3.05) is 13.1 Å². The van der Waals surface area contributed by atoms with Crippen LogP contribution in [0, 0.1) is 17.0 Å². The summed E-state index contributed by atoms with van der Waals surface area (Å²) in [5.41, 5.74) is 0.433. The molecule has 1 aliphatic heterocycles. The Labute approximate surface area is 183 Å². The van der Waals surface area contributed by atoms with Gasteiger partial charge in [0.05, 0.1) is 0 Å². The van der Waals surface area contributed by atoms with Gasteiger partial charge in [-0.1, -0.05) is 38.1 Å². The average Bonchev–Trinajstić information content (AvgIpc) is 2.69. The zero-order valence-electron chi connectivity index (χ0n) is 18.8. The van der Waals surface area contributed by atoms with Crippen LogP contribution in [-0.4, -0.2) is 35.3 Å². The first-order chi connectivity index (χ1) is 14.5. The summed E-state index contributed by atoms with van der Waals surface area (Å²) in [7, 11) is 0. The summed E-state index contributed by atoms with van der Waals surface area (Å²) in [5.74, 6) is -1.84. The van der Waals surface area contributed by atoms with Crippen LogP contribution < -0.4 is 5.32 Å². The summed E-state index contributed by atoms with van der Waals surface area (Å²) in [5, 5.41) is 2.98. The average molecular weight is 431 g/mol. The molecule has 1 aromatic rings. The van der Waals surface area contributed by atoms with Crippen molar-refractivity contribution >= 4 is 11.8 Å². The summed E-state index contributed by atoms with van der Waals surface area (Å²) in [4.78, 5) is 27.4. The van der Waals surface area contributed by atoms with Gasteiger partial charge in [0.15, 0.2) is 11.6 Å². The third kappa shape index (κ3) is 5.60. The van der Waals surface area contributed by atoms with E-state index < -0.39 is 17.2 Å². The van der Waals surface area contributed by atoms with Crippen molar-refractivity contribution in [3.8, 4) is 0 Å². The number of likely N-dealkylation sites (tertiary alicyclic amines) is 1. The van der Waals surface area contributed by atoms with Gasteiger partial charge in [-0.25, -0.2) is 8.78 Å². The van der Waals surface area contributed by atoms with Gasteiger partial charge in [0.25, 0.3) is 5.91 Å². The van der Waals surface area contributed by atoms with Crippen molar-refractivity contribution in [2.24, 2.45) is 5.41 Å². The lowest BCUT2D eigenvalue weighted by atomic mass is 9.70. The zero-order valence-corrected chi connectivity index (χ0v) is 18.8.